The first-order chi connectivity index (χ1) is 13.9. The van der Waals surface area contributed by atoms with Crippen molar-refractivity contribution in [2.45, 2.75) is 26.8 Å². The van der Waals surface area contributed by atoms with Gasteiger partial charge in [-0.15, -0.1) is 0 Å². The van der Waals surface area contributed by atoms with Crippen molar-refractivity contribution in [3.8, 4) is 0 Å². The predicted octanol–water partition coefficient (Wildman–Crippen LogP) is 4.14. The lowest BCUT2D eigenvalue weighted by atomic mass is 10.0. The lowest BCUT2D eigenvalue weighted by molar-refractivity contribution is -0.117. The van der Waals surface area contributed by atoms with Crippen molar-refractivity contribution in [1.82, 2.24) is 4.57 Å². The summed E-state index contributed by atoms with van der Waals surface area (Å²) in [6.07, 6.45) is 2.32. The van der Waals surface area contributed by atoms with Crippen LogP contribution in [0.5, 0.6) is 0 Å². The summed E-state index contributed by atoms with van der Waals surface area (Å²) in [6, 6.07) is 11.5. The van der Waals surface area contributed by atoms with E-state index < -0.39 is 0 Å². The van der Waals surface area contributed by atoms with Gasteiger partial charge in [0.2, 0.25) is 0 Å². The first-order valence-corrected chi connectivity index (χ1v) is 11.5. The highest BCUT2D eigenvalue weighted by Gasteiger charge is 2.12. The standard InChI is InChI=1S/C22H24N2O3S2/c1-14-5-6-16(15(2)11-14)13-20(25)23-22-24(9-10-28-4)18-8-7-17(21(26)27-3)12-19(18)29-22/h5-8,11-12H,9-10,13H2,1-4H3. The summed E-state index contributed by atoms with van der Waals surface area (Å²) in [5, 5.41) is 0. The lowest BCUT2D eigenvalue weighted by Crippen LogP contribution is -2.18. The number of esters is 1. The molecule has 0 unspecified atom stereocenters. The molecular weight excluding hydrogens is 404 g/mol. The van der Waals surface area contributed by atoms with Crippen LogP contribution in [0.4, 0.5) is 0 Å². The zero-order valence-electron chi connectivity index (χ0n) is 17.0. The topological polar surface area (TPSA) is 60.7 Å². The fraction of sp³-hybridized carbons (Fsp3) is 0.318. The van der Waals surface area contributed by atoms with Gasteiger partial charge in [-0.25, -0.2) is 4.79 Å². The number of thiazole rings is 1. The van der Waals surface area contributed by atoms with E-state index in [2.05, 4.69) is 15.6 Å². The van der Waals surface area contributed by atoms with Gasteiger partial charge in [0.15, 0.2) is 4.80 Å². The highest BCUT2D eigenvalue weighted by atomic mass is 32.2. The number of hydrogen-bond donors (Lipinski definition) is 0. The Bertz CT molecular complexity index is 1130. The van der Waals surface area contributed by atoms with Crippen LogP contribution in [0, 0.1) is 13.8 Å². The third kappa shape index (κ3) is 4.97. The maximum absolute atomic E-state index is 12.7. The second-order valence-corrected chi connectivity index (χ2v) is 8.81. The van der Waals surface area contributed by atoms with E-state index >= 15 is 0 Å². The molecule has 0 aliphatic heterocycles. The number of ether oxygens (including phenoxy) is 1. The number of fused-ring (bicyclic) bond motifs is 1. The van der Waals surface area contributed by atoms with Crippen molar-refractivity contribution in [1.29, 1.82) is 0 Å². The van der Waals surface area contributed by atoms with E-state index in [0.29, 0.717) is 10.4 Å². The summed E-state index contributed by atoms with van der Waals surface area (Å²) < 4.78 is 7.78. The molecule has 0 fully saturated rings. The minimum absolute atomic E-state index is 0.172. The fourth-order valence-corrected chi connectivity index (χ4v) is 4.63. The van der Waals surface area contributed by atoms with Crippen LogP contribution in [0.25, 0.3) is 10.2 Å². The van der Waals surface area contributed by atoms with Gasteiger partial charge in [-0.05, 0) is 49.4 Å². The molecule has 0 saturated heterocycles. The van der Waals surface area contributed by atoms with Gasteiger partial charge in [0.1, 0.15) is 0 Å². The summed E-state index contributed by atoms with van der Waals surface area (Å²) in [5.41, 5.74) is 4.73. The van der Waals surface area contributed by atoms with E-state index in [9.17, 15) is 9.59 Å². The van der Waals surface area contributed by atoms with Crippen LogP contribution >= 0.6 is 23.1 Å². The molecule has 29 heavy (non-hydrogen) atoms. The van der Waals surface area contributed by atoms with Crippen molar-refractivity contribution in [2.75, 3.05) is 19.1 Å². The second-order valence-electron chi connectivity index (χ2n) is 6.82. The number of benzene rings is 2. The summed E-state index contributed by atoms with van der Waals surface area (Å²) in [4.78, 5) is 29.6. The number of thioether (sulfide) groups is 1. The molecule has 3 rings (SSSR count). The Morgan fingerprint density at radius 3 is 2.66 bits per heavy atom. The van der Waals surface area contributed by atoms with E-state index in [1.807, 2.05) is 38.3 Å². The zero-order chi connectivity index (χ0) is 21.0. The third-order valence-corrected chi connectivity index (χ3v) is 6.31. The molecule has 0 N–H and O–H groups in total. The van der Waals surface area contributed by atoms with E-state index in [1.54, 1.807) is 23.9 Å². The molecule has 7 heteroatoms. The number of aromatic nitrogens is 1. The molecule has 0 spiro atoms. The quantitative estimate of drug-likeness (QED) is 0.554. The summed E-state index contributed by atoms with van der Waals surface area (Å²) in [7, 11) is 1.37. The number of rotatable bonds is 6. The molecule has 0 atom stereocenters. The molecule has 5 nitrogen and oxygen atoms in total. The van der Waals surface area contributed by atoms with Crippen LogP contribution in [0.3, 0.4) is 0 Å². The number of hydrogen-bond acceptors (Lipinski definition) is 5. The predicted molar refractivity (Wildman–Crippen MR) is 120 cm³/mol. The summed E-state index contributed by atoms with van der Waals surface area (Å²) in [6.45, 7) is 4.80. The van der Waals surface area contributed by atoms with Crippen LogP contribution in [0.1, 0.15) is 27.0 Å². The van der Waals surface area contributed by atoms with E-state index in [-0.39, 0.29) is 18.3 Å². The minimum atomic E-state index is -0.375. The van der Waals surface area contributed by atoms with Gasteiger partial charge in [0, 0.05) is 12.3 Å². The highest BCUT2D eigenvalue weighted by molar-refractivity contribution is 7.98. The lowest BCUT2D eigenvalue weighted by Gasteiger charge is -2.05. The molecule has 0 aliphatic carbocycles. The molecule has 0 saturated carbocycles. The Morgan fingerprint density at radius 2 is 1.97 bits per heavy atom. The van der Waals surface area contributed by atoms with Gasteiger partial charge in [0.05, 0.1) is 29.3 Å². The van der Waals surface area contributed by atoms with E-state index in [0.717, 1.165) is 33.6 Å². The molecule has 152 valence electrons. The molecule has 1 amide bonds. The van der Waals surface area contributed by atoms with Crippen LogP contribution in [-0.2, 0) is 22.5 Å². The number of carbonyl (C=O) groups is 2. The van der Waals surface area contributed by atoms with Gasteiger partial charge in [-0.2, -0.15) is 16.8 Å². The maximum Gasteiger partial charge on any atom is 0.337 e. The van der Waals surface area contributed by atoms with Crippen LogP contribution in [0.2, 0.25) is 0 Å². The van der Waals surface area contributed by atoms with Crippen molar-refractivity contribution < 1.29 is 14.3 Å². The van der Waals surface area contributed by atoms with Crippen molar-refractivity contribution in [2.24, 2.45) is 4.99 Å². The van der Waals surface area contributed by atoms with Crippen molar-refractivity contribution >= 4 is 45.2 Å². The van der Waals surface area contributed by atoms with Gasteiger partial charge >= 0.3 is 5.97 Å². The number of carbonyl (C=O) groups excluding carboxylic acids is 2. The molecule has 0 aliphatic rings. The largest absolute Gasteiger partial charge is 0.465 e. The molecule has 2 aromatic carbocycles. The van der Waals surface area contributed by atoms with Crippen LogP contribution in [-0.4, -0.2) is 35.6 Å². The second kappa shape index (κ2) is 9.41. The summed E-state index contributed by atoms with van der Waals surface area (Å²) in [5.74, 6) is 0.359. The third-order valence-electron chi connectivity index (χ3n) is 4.68. The minimum Gasteiger partial charge on any atom is -0.465 e. The average molecular weight is 429 g/mol. The Hall–Kier alpha value is -2.38. The van der Waals surface area contributed by atoms with Crippen LogP contribution in [0.15, 0.2) is 41.4 Å². The molecule has 3 aromatic rings. The van der Waals surface area contributed by atoms with E-state index in [1.165, 1.54) is 24.0 Å². The molecular formula is C22H24N2O3S2. The fourth-order valence-electron chi connectivity index (χ4n) is 3.16. The Balaban J connectivity index is 2.00. The van der Waals surface area contributed by atoms with Gasteiger partial charge in [-0.1, -0.05) is 35.1 Å². The normalized spacial score (nSPS) is 11.8. The first kappa shape index (κ1) is 21.3. The Kier molecular flexibility index (Phi) is 6.92. The highest BCUT2D eigenvalue weighted by Crippen LogP contribution is 2.20. The first-order valence-electron chi connectivity index (χ1n) is 9.27. The van der Waals surface area contributed by atoms with Gasteiger partial charge < -0.3 is 9.30 Å². The number of aryl methyl sites for hydroxylation is 3. The van der Waals surface area contributed by atoms with Crippen molar-refractivity contribution in [3.63, 3.8) is 0 Å². The SMILES string of the molecule is COC(=O)c1ccc2c(c1)sc(=NC(=O)Cc1ccc(C)cc1C)n2CCSC. The summed E-state index contributed by atoms with van der Waals surface area (Å²) >= 11 is 3.16. The average Bonchev–Trinajstić information content (AvgIpc) is 3.03. The smallest absolute Gasteiger partial charge is 0.337 e. The molecule has 0 radical (unpaired) electrons. The molecule has 1 aromatic heterocycles. The Labute approximate surface area is 178 Å². The number of methoxy groups -OCH3 is 1. The molecule has 1 heterocycles. The van der Waals surface area contributed by atoms with E-state index in [4.69, 9.17) is 4.74 Å². The molecule has 0 bridgehead atoms. The maximum atomic E-state index is 12.7. The number of amides is 1. The van der Waals surface area contributed by atoms with Crippen molar-refractivity contribution in [3.05, 3.63) is 63.5 Å². The number of nitrogens with zero attached hydrogens (tertiary/aromatic N) is 2. The zero-order valence-corrected chi connectivity index (χ0v) is 18.7. The monoisotopic (exact) mass is 428 g/mol. The Morgan fingerprint density at radius 1 is 1.17 bits per heavy atom. The van der Waals surface area contributed by atoms with Gasteiger partial charge in [0.25, 0.3) is 5.91 Å². The van der Waals surface area contributed by atoms with Gasteiger partial charge in [-0.3, -0.25) is 4.79 Å². The van der Waals surface area contributed by atoms with Crippen LogP contribution < -0.4 is 4.80 Å².